The highest BCUT2D eigenvalue weighted by atomic mass is 32.1. The normalized spacial score (nSPS) is 11.6. The second kappa shape index (κ2) is 6.00. The van der Waals surface area contributed by atoms with Crippen LogP contribution in [0.15, 0.2) is 35.8 Å². The minimum absolute atomic E-state index is 0.491. The molecule has 0 amide bonds. The third-order valence-corrected chi connectivity index (χ3v) is 4.39. The second-order valence-corrected chi connectivity index (χ2v) is 6.75. The number of benzene rings is 1. The number of hydrogen-bond acceptors (Lipinski definition) is 3. The lowest BCUT2D eigenvalue weighted by Crippen LogP contribution is -2.22. The smallest absolute Gasteiger partial charge is 0.0898 e. The molecule has 1 N–H and O–H groups in total. The van der Waals surface area contributed by atoms with E-state index >= 15 is 0 Å². The first-order valence-electron chi connectivity index (χ1n) is 7.34. The summed E-state index contributed by atoms with van der Waals surface area (Å²) in [6.07, 6.45) is 2.16. The van der Waals surface area contributed by atoms with Crippen LogP contribution in [0.4, 0.5) is 0 Å². The van der Waals surface area contributed by atoms with Crippen LogP contribution in [0, 0.1) is 6.92 Å². The summed E-state index contributed by atoms with van der Waals surface area (Å²) in [6.45, 7) is 8.15. The molecule has 0 bridgehead atoms. The lowest BCUT2D eigenvalue weighted by Gasteiger charge is -2.12. The van der Waals surface area contributed by atoms with Crippen molar-refractivity contribution in [1.82, 2.24) is 14.9 Å². The molecular formula is C17H21N3S. The Morgan fingerprint density at radius 2 is 2.14 bits per heavy atom. The standard InChI is InChI=1S/C17H21N3S/c1-12(2)18-9-15-6-4-5-14-7-8-20(17(14)15)10-16-11-21-13(3)19-16/h4-8,11-12,18H,9-10H2,1-3H3. The third-order valence-electron chi connectivity index (χ3n) is 3.57. The summed E-state index contributed by atoms with van der Waals surface area (Å²) in [5.74, 6) is 0. The average Bonchev–Trinajstić information content (AvgIpc) is 3.04. The highest BCUT2D eigenvalue weighted by Crippen LogP contribution is 2.22. The molecule has 3 aromatic rings. The molecule has 0 saturated carbocycles. The van der Waals surface area contributed by atoms with Gasteiger partial charge in [-0.15, -0.1) is 11.3 Å². The maximum atomic E-state index is 4.58. The Bertz CT molecular complexity index is 739. The van der Waals surface area contributed by atoms with Crippen molar-refractivity contribution in [2.24, 2.45) is 0 Å². The predicted octanol–water partition coefficient (Wildman–Crippen LogP) is 3.95. The van der Waals surface area contributed by atoms with E-state index in [0.717, 1.165) is 23.8 Å². The van der Waals surface area contributed by atoms with Crippen molar-refractivity contribution in [3.63, 3.8) is 0 Å². The molecule has 0 fully saturated rings. The molecule has 0 saturated heterocycles. The van der Waals surface area contributed by atoms with Crippen LogP contribution in [0.2, 0.25) is 0 Å². The Hall–Kier alpha value is -1.65. The second-order valence-electron chi connectivity index (χ2n) is 5.69. The van der Waals surface area contributed by atoms with Crippen molar-refractivity contribution < 1.29 is 0 Å². The van der Waals surface area contributed by atoms with Crippen LogP contribution in [0.1, 0.15) is 30.1 Å². The maximum absolute atomic E-state index is 4.58. The van der Waals surface area contributed by atoms with E-state index < -0.39 is 0 Å². The van der Waals surface area contributed by atoms with Crippen LogP contribution >= 0.6 is 11.3 Å². The lowest BCUT2D eigenvalue weighted by atomic mass is 10.1. The van der Waals surface area contributed by atoms with Crippen molar-refractivity contribution in [2.45, 2.75) is 39.9 Å². The Labute approximate surface area is 129 Å². The summed E-state index contributed by atoms with van der Waals surface area (Å²) < 4.78 is 2.31. The van der Waals surface area contributed by atoms with Crippen LogP contribution in [0.5, 0.6) is 0 Å². The molecule has 2 heterocycles. The largest absolute Gasteiger partial charge is 0.341 e. The highest BCUT2D eigenvalue weighted by molar-refractivity contribution is 7.09. The van der Waals surface area contributed by atoms with Gasteiger partial charge in [0.15, 0.2) is 0 Å². The van der Waals surface area contributed by atoms with Crippen LogP contribution in [0.25, 0.3) is 10.9 Å². The monoisotopic (exact) mass is 299 g/mol. The molecule has 0 aliphatic heterocycles. The SMILES string of the molecule is Cc1nc(Cn2ccc3cccc(CNC(C)C)c32)cs1. The number of para-hydroxylation sites is 1. The Morgan fingerprint density at radius 3 is 2.86 bits per heavy atom. The zero-order valence-corrected chi connectivity index (χ0v) is 13.6. The van der Waals surface area contributed by atoms with Gasteiger partial charge in [0.25, 0.3) is 0 Å². The summed E-state index contributed by atoms with van der Waals surface area (Å²) in [6, 6.07) is 9.20. The number of hydrogen-bond donors (Lipinski definition) is 1. The summed E-state index contributed by atoms with van der Waals surface area (Å²) in [4.78, 5) is 4.58. The summed E-state index contributed by atoms with van der Waals surface area (Å²) in [7, 11) is 0. The molecule has 21 heavy (non-hydrogen) atoms. The first kappa shape index (κ1) is 14.3. The van der Waals surface area contributed by atoms with Gasteiger partial charge in [-0.05, 0) is 23.9 Å². The van der Waals surface area contributed by atoms with E-state index in [1.165, 1.54) is 16.5 Å². The van der Waals surface area contributed by atoms with E-state index in [4.69, 9.17) is 0 Å². The van der Waals surface area contributed by atoms with Gasteiger partial charge in [-0.25, -0.2) is 4.98 Å². The van der Waals surface area contributed by atoms with Crippen molar-refractivity contribution in [3.8, 4) is 0 Å². The van der Waals surface area contributed by atoms with Crippen molar-refractivity contribution in [2.75, 3.05) is 0 Å². The van der Waals surface area contributed by atoms with Crippen molar-refractivity contribution in [1.29, 1.82) is 0 Å². The molecule has 0 spiro atoms. The van der Waals surface area contributed by atoms with Gasteiger partial charge in [0.2, 0.25) is 0 Å². The fourth-order valence-corrected chi connectivity index (χ4v) is 3.19. The number of rotatable bonds is 5. The molecule has 0 radical (unpaired) electrons. The molecule has 1 aromatic carbocycles. The van der Waals surface area contributed by atoms with E-state index in [-0.39, 0.29) is 0 Å². The van der Waals surface area contributed by atoms with Gasteiger partial charge in [-0.2, -0.15) is 0 Å². The predicted molar refractivity (Wildman–Crippen MR) is 89.9 cm³/mol. The van der Waals surface area contributed by atoms with Crippen LogP contribution < -0.4 is 5.32 Å². The fraction of sp³-hybridized carbons (Fsp3) is 0.353. The zero-order valence-electron chi connectivity index (χ0n) is 12.8. The molecule has 0 atom stereocenters. The number of fused-ring (bicyclic) bond motifs is 1. The van der Waals surface area contributed by atoms with Gasteiger partial charge in [-0.1, -0.05) is 32.0 Å². The van der Waals surface area contributed by atoms with E-state index in [1.807, 2.05) is 0 Å². The molecule has 2 aromatic heterocycles. The Kier molecular flexibility index (Phi) is 4.08. The number of nitrogens with one attached hydrogen (secondary N) is 1. The number of aromatic nitrogens is 2. The summed E-state index contributed by atoms with van der Waals surface area (Å²) >= 11 is 1.71. The molecule has 110 valence electrons. The topological polar surface area (TPSA) is 29.9 Å². The molecule has 3 rings (SSSR count). The van der Waals surface area contributed by atoms with E-state index in [1.54, 1.807) is 11.3 Å². The van der Waals surface area contributed by atoms with Gasteiger partial charge >= 0.3 is 0 Å². The van der Waals surface area contributed by atoms with E-state index in [0.29, 0.717) is 6.04 Å². The average molecular weight is 299 g/mol. The van der Waals surface area contributed by atoms with Gasteiger partial charge in [-0.3, -0.25) is 0 Å². The Balaban J connectivity index is 1.95. The quantitative estimate of drug-likeness (QED) is 0.773. The molecule has 0 aliphatic rings. The molecular weight excluding hydrogens is 278 g/mol. The highest BCUT2D eigenvalue weighted by Gasteiger charge is 2.08. The third kappa shape index (κ3) is 3.17. The van der Waals surface area contributed by atoms with Gasteiger partial charge in [0, 0.05) is 24.2 Å². The van der Waals surface area contributed by atoms with E-state index in [9.17, 15) is 0 Å². The molecule has 4 heteroatoms. The fourth-order valence-electron chi connectivity index (χ4n) is 2.58. The number of nitrogens with zero attached hydrogens (tertiary/aromatic N) is 2. The number of aryl methyl sites for hydroxylation is 1. The van der Waals surface area contributed by atoms with Gasteiger partial charge in [0.05, 0.1) is 22.8 Å². The van der Waals surface area contributed by atoms with Gasteiger partial charge < -0.3 is 9.88 Å². The first-order valence-corrected chi connectivity index (χ1v) is 8.22. The summed E-state index contributed by atoms with van der Waals surface area (Å²) in [5, 5.41) is 8.09. The summed E-state index contributed by atoms with van der Waals surface area (Å²) in [5.41, 5.74) is 3.80. The van der Waals surface area contributed by atoms with Crippen LogP contribution in [-0.4, -0.2) is 15.6 Å². The molecule has 3 nitrogen and oxygen atoms in total. The zero-order chi connectivity index (χ0) is 14.8. The van der Waals surface area contributed by atoms with Crippen molar-refractivity contribution >= 4 is 22.2 Å². The van der Waals surface area contributed by atoms with Gasteiger partial charge in [0.1, 0.15) is 0 Å². The van der Waals surface area contributed by atoms with E-state index in [2.05, 4.69) is 71.5 Å². The van der Waals surface area contributed by atoms with Crippen LogP contribution in [-0.2, 0) is 13.1 Å². The molecule has 0 unspecified atom stereocenters. The van der Waals surface area contributed by atoms with Crippen LogP contribution in [0.3, 0.4) is 0 Å². The minimum Gasteiger partial charge on any atom is -0.341 e. The first-order chi connectivity index (χ1) is 10.1. The maximum Gasteiger partial charge on any atom is 0.0898 e. The Morgan fingerprint density at radius 1 is 1.29 bits per heavy atom. The minimum atomic E-state index is 0.491. The lowest BCUT2D eigenvalue weighted by molar-refractivity contribution is 0.589. The van der Waals surface area contributed by atoms with Crippen molar-refractivity contribution in [3.05, 3.63) is 52.1 Å². The number of thiazole rings is 1. The molecule has 0 aliphatic carbocycles.